The van der Waals surface area contributed by atoms with E-state index in [1.54, 1.807) is 56.9 Å². The van der Waals surface area contributed by atoms with Crippen LogP contribution in [0.4, 0.5) is 14.5 Å². The Hall–Kier alpha value is -4.49. The molecule has 0 saturated carbocycles. The molecule has 0 bridgehead atoms. The van der Waals surface area contributed by atoms with Gasteiger partial charge in [-0.2, -0.15) is 0 Å². The lowest BCUT2D eigenvalue weighted by Crippen LogP contribution is -2.57. The van der Waals surface area contributed by atoms with Gasteiger partial charge < -0.3 is 30.5 Å². The van der Waals surface area contributed by atoms with Crippen LogP contribution < -0.4 is 20.3 Å². The minimum atomic E-state index is -1.17. The maximum atomic E-state index is 13.6. The summed E-state index contributed by atoms with van der Waals surface area (Å²) in [6.45, 7) is 6.38. The smallest absolute Gasteiger partial charge is 0.326 e. The molecule has 0 spiro atoms. The fourth-order valence-corrected chi connectivity index (χ4v) is 6.53. The van der Waals surface area contributed by atoms with Gasteiger partial charge in [-0.3, -0.25) is 14.4 Å². The number of rotatable bonds is 15. The molecule has 0 aromatic heterocycles. The molecule has 3 aromatic rings. The number of halogens is 2. The Morgan fingerprint density at radius 3 is 1.96 bits per heavy atom. The molecule has 3 aromatic carbocycles. The third-order valence-corrected chi connectivity index (χ3v) is 9.25. The van der Waals surface area contributed by atoms with Crippen LogP contribution in [0, 0.1) is 23.5 Å². The van der Waals surface area contributed by atoms with Crippen molar-refractivity contribution in [3.63, 3.8) is 0 Å². The van der Waals surface area contributed by atoms with E-state index in [-0.39, 0.29) is 23.5 Å². The van der Waals surface area contributed by atoms with E-state index >= 15 is 0 Å². The van der Waals surface area contributed by atoms with E-state index < -0.39 is 65.5 Å². The van der Waals surface area contributed by atoms with Gasteiger partial charge in [0.1, 0.15) is 34.7 Å². The van der Waals surface area contributed by atoms with Gasteiger partial charge in [0.25, 0.3) is 5.91 Å². The highest BCUT2D eigenvalue weighted by Crippen LogP contribution is 2.46. The maximum absolute atomic E-state index is 13.6. The maximum Gasteiger partial charge on any atom is 0.326 e. The second-order valence-electron chi connectivity index (χ2n) is 12.2. The van der Waals surface area contributed by atoms with E-state index in [2.05, 4.69) is 10.6 Å². The number of carbonyl (C=O) groups excluding carboxylic acids is 3. The number of thioether (sulfide) groups is 1. The van der Waals surface area contributed by atoms with Crippen molar-refractivity contribution in [2.75, 3.05) is 17.3 Å². The Morgan fingerprint density at radius 1 is 0.854 bits per heavy atom. The number of carbonyl (C=O) groups is 4. The number of nitrogens with zero attached hydrogens (tertiary/aromatic N) is 1. The van der Waals surface area contributed by atoms with Crippen LogP contribution >= 0.6 is 11.8 Å². The zero-order valence-corrected chi connectivity index (χ0v) is 27.7. The average Bonchev–Trinajstić information content (AvgIpc) is 3.04. The van der Waals surface area contributed by atoms with Gasteiger partial charge in [0.15, 0.2) is 6.61 Å². The number of hydrogen-bond acceptors (Lipinski definition) is 7. The molecule has 4 rings (SSSR count). The Bertz CT molecular complexity index is 1590. The van der Waals surface area contributed by atoms with Crippen LogP contribution in [-0.4, -0.2) is 63.6 Å². The fraction of sp³-hybridized carbons (Fsp3) is 0.371. The van der Waals surface area contributed by atoms with Crippen LogP contribution in [0.1, 0.15) is 51.0 Å². The molecule has 48 heavy (non-hydrogen) atoms. The van der Waals surface area contributed by atoms with Crippen LogP contribution in [-0.2, 0) is 19.2 Å². The number of carboxylic acids is 1. The molecule has 5 atom stereocenters. The summed E-state index contributed by atoms with van der Waals surface area (Å²) in [5.41, 5.74) is 1.76. The van der Waals surface area contributed by atoms with Gasteiger partial charge in [-0.15, -0.1) is 11.8 Å². The molecule has 1 aliphatic heterocycles. The molecule has 1 aliphatic rings. The number of benzene rings is 3. The standard InChI is InChI=1S/C35H39F2N3O7S/c1-19(2)29(33(43)39-30(20(3)4)35(45)46)38-28(42)17-47-26-15-7-22(8-16-26)31-32(34(44)40(31)25-13-11-24(37)12-14-25)48-18-27(41)21-5-9-23(36)10-6-21/h5-16,19-20,27,29-32,41H,17-18H2,1-4H3,(H,38,42)(H,39,43)(H,45,46)/t27?,29-,30-,31-,32-/m1/s1. The van der Waals surface area contributed by atoms with E-state index in [4.69, 9.17) is 4.74 Å². The predicted octanol–water partition coefficient (Wildman–Crippen LogP) is 4.63. The van der Waals surface area contributed by atoms with Crippen molar-refractivity contribution < 1.29 is 42.9 Å². The first-order valence-electron chi connectivity index (χ1n) is 15.5. The van der Waals surface area contributed by atoms with Gasteiger partial charge in [-0.05, 0) is 71.5 Å². The van der Waals surface area contributed by atoms with Crippen molar-refractivity contribution in [1.82, 2.24) is 10.6 Å². The number of aliphatic hydroxyl groups is 1. The molecule has 3 amide bonds. The first-order valence-corrected chi connectivity index (χ1v) is 16.5. The van der Waals surface area contributed by atoms with Crippen molar-refractivity contribution in [3.8, 4) is 5.75 Å². The van der Waals surface area contributed by atoms with E-state index in [1.807, 2.05) is 0 Å². The quantitative estimate of drug-likeness (QED) is 0.170. The summed E-state index contributed by atoms with van der Waals surface area (Å²) < 4.78 is 32.6. The van der Waals surface area contributed by atoms with Crippen molar-refractivity contribution in [2.45, 2.75) is 57.2 Å². The van der Waals surface area contributed by atoms with Gasteiger partial charge in [-0.1, -0.05) is 52.0 Å². The van der Waals surface area contributed by atoms with Crippen LogP contribution in [0.3, 0.4) is 0 Å². The first-order chi connectivity index (χ1) is 22.8. The summed E-state index contributed by atoms with van der Waals surface area (Å²) in [5, 5.41) is 24.6. The van der Waals surface area contributed by atoms with Gasteiger partial charge in [-0.25, -0.2) is 13.6 Å². The molecule has 1 saturated heterocycles. The fourth-order valence-electron chi connectivity index (χ4n) is 5.23. The lowest BCUT2D eigenvalue weighted by Gasteiger charge is -2.47. The Morgan fingerprint density at radius 2 is 1.42 bits per heavy atom. The molecule has 0 aliphatic carbocycles. The van der Waals surface area contributed by atoms with E-state index in [0.717, 1.165) is 5.56 Å². The number of carboxylic acid groups (broad SMARTS) is 1. The zero-order chi connectivity index (χ0) is 35.1. The zero-order valence-electron chi connectivity index (χ0n) is 26.9. The topological polar surface area (TPSA) is 145 Å². The number of amides is 3. The normalized spacial score (nSPS) is 17.8. The molecule has 0 radical (unpaired) electrons. The van der Waals surface area contributed by atoms with Crippen LogP contribution in [0.25, 0.3) is 0 Å². The number of β-lactam (4-membered cyclic amide) rings is 1. The van der Waals surface area contributed by atoms with Gasteiger partial charge in [0.05, 0.1) is 12.1 Å². The average molecular weight is 684 g/mol. The lowest BCUT2D eigenvalue weighted by atomic mass is 9.92. The lowest BCUT2D eigenvalue weighted by molar-refractivity contribution is -0.143. The van der Waals surface area contributed by atoms with E-state index in [1.165, 1.54) is 60.3 Å². The highest BCUT2D eigenvalue weighted by atomic mass is 32.2. The number of aliphatic carboxylic acids is 1. The largest absolute Gasteiger partial charge is 0.484 e. The van der Waals surface area contributed by atoms with Crippen LogP contribution in [0.5, 0.6) is 5.75 Å². The third-order valence-electron chi connectivity index (χ3n) is 7.93. The molecule has 10 nitrogen and oxygen atoms in total. The monoisotopic (exact) mass is 683 g/mol. The first kappa shape index (κ1) is 36.3. The SMILES string of the molecule is CC(C)[C@@H](NC(=O)[C@H](NC(=O)COc1ccc([C@@H]2[C@@H](SCC(O)c3ccc(F)cc3)C(=O)N2c2ccc(F)cc2)cc1)C(C)C)C(=O)O. The molecule has 4 N–H and O–H groups in total. The third kappa shape index (κ3) is 8.90. The summed E-state index contributed by atoms with van der Waals surface area (Å²) in [7, 11) is 0. The highest BCUT2D eigenvalue weighted by molar-refractivity contribution is 8.00. The summed E-state index contributed by atoms with van der Waals surface area (Å²) in [5.74, 6) is -3.59. The second-order valence-corrected chi connectivity index (χ2v) is 13.3. The van der Waals surface area contributed by atoms with Crippen molar-refractivity contribution in [3.05, 3.63) is 95.6 Å². The summed E-state index contributed by atoms with van der Waals surface area (Å²) in [4.78, 5) is 51.9. The van der Waals surface area contributed by atoms with Crippen LogP contribution in [0.2, 0.25) is 0 Å². The van der Waals surface area contributed by atoms with Gasteiger partial charge >= 0.3 is 5.97 Å². The molecular weight excluding hydrogens is 644 g/mol. The van der Waals surface area contributed by atoms with Gasteiger partial charge in [0, 0.05) is 11.4 Å². The number of nitrogens with one attached hydrogen (secondary N) is 2. The Kier molecular flexibility index (Phi) is 12.2. The predicted molar refractivity (Wildman–Crippen MR) is 177 cm³/mol. The number of hydrogen-bond donors (Lipinski definition) is 4. The molecule has 1 fully saturated rings. The molecular formula is C35H39F2N3O7S. The minimum absolute atomic E-state index is 0.177. The number of aliphatic hydroxyl groups excluding tert-OH is 1. The molecule has 13 heteroatoms. The van der Waals surface area contributed by atoms with Gasteiger partial charge in [0.2, 0.25) is 11.8 Å². The van der Waals surface area contributed by atoms with Crippen LogP contribution in [0.15, 0.2) is 72.8 Å². The summed E-state index contributed by atoms with van der Waals surface area (Å²) in [6.07, 6.45) is -0.930. The summed E-state index contributed by atoms with van der Waals surface area (Å²) in [6, 6.07) is 15.3. The minimum Gasteiger partial charge on any atom is -0.484 e. The van der Waals surface area contributed by atoms with E-state index in [0.29, 0.717) is 17.0 Å². The Labute approximate surface area is 281 Å². The number of anilines is 1. The molecule has 256 valence electrons. The van der Waals surface area contributed by atoms with Crippen molar-refractivity contribution in [1.29, 1.82) is 0 Å². The Balaban J connectivity index is 1.42. The van der Waals surface area contributed by atoms with Crippen molar-refractivity contribution >= 4 is 41.1 Å². The number of ether oxygens (including phenoxy) is 1. The van der Waals surface area contributed by atoms with E-state index in [9.17, 15) is 38.2 Å². The highest BCUT2D eigenvalue weighted by Gasteiger charge is 2.49. The van der Waals surface area contributed by atoms with Crippen molar-refractivity contribution in [2.24, 2.45) is 11.8 Å². The summed E-state index contributed by atoms with van der Waals surface area (Å²) >= 11 is 1.26. The molecule has 1 unspecified atom stereocenters. The second kappa shape index (κ2) is 16.1. The molecule has 1 heterocycles.